The van der Waals surface area contributed by atoms with E-state index in [4.69, 9.17) is 9.98 Å². The van der Waals surface area contributed by atoms with Crippen molar-refractivity contribution >= 4 is 17.6 Å². The highest BCUT2D eigenvalue weighted by atomic mass is 15.3. The summed E-state index contributed by atoms with van der Waals surface area (Å²) in [6.45, 7) is 15.3. The normalized spacial score (nSPS) is 20.6. The molecule has 2 aliphatic heterocycles. The average molecular weight is 487 g/mol. The summed E-state index contributed by atoms with van der Waals surface area (Å²) < 4.78 is 0. The SMILES string of the molecule is CCC1=CC(CC)C(N2CCN(C)CC2)=N/C(=N/c2ncccc2Cc2ccc(C(C)(C)C)cc2)N1. The van der Waals surface area contributed by atoms with E-state index < -0.39 is 0 Å². The van der Waals surface area contributed by atoms with Crippen molar-refractivity contribution in [3.63, 3.8) is 0 Å². The topological polar surface area (TPSA) is 56.1 Å². The Hall–Kier alpha value is -2.99. The Kier molecular flexibility index (Phi) is 8.24. The van der Waals surface area contributed by atoms with Crippen LogP contribution in [0.5, 0.6) is 0 Å². The minimum atomic E-state index is 0.148. The fourth-order valence-corrected chi connectivity index (χ4v) is 4.73. The van der Waals surface area contributed by atoms with Crippen molar-refractivity contribution < 1.29 is 0 Å². The van der Waals surface area contributed by atoms with E-state index >= 15 is 0 Å². The van der Waals surface area contributed by atoms with Crippen LogP contribution in [0.15, 0.2) is 64.4 Å². The van der Waals surface area contributed by atoms with E-state index in [0.717, 1.165) is 62.7 Å². The Morgan fingerprint density at radius 3 is 2.39 bits per heavy atom. The number of aliphatic imine (C=N–C) groups is 2. The Labute approximate surface area is 217 Å². The molecule has 0 bridgehead atoms. The first kappa shape index (κ1) is 26.1. The van der Waals surface area contributed by atoms with Gasteiger partial charge in [-0.2, -0.15) is 9.98 Å². The summed E-state index contributed by atoms with van der Waals surface area (Å²) >= 11 is 0. The molecule has 1 unspecified atom stereocenters. The average Bonchev–Trinajstić information content (AvgIpc) is 3.04. The molecule has 0 saturated carbocycles. The third-order valence-corrected chi connectivity index (χ3v) is 7.17. The van der Waals surface area contributed by atoms with Gasteiger partial charge in [0.2, 0.25) is 5.96 Å². The number of rotatable bonds is 5. The van der Waals surface area contributed by atoms with Crippen LogP contribution in [0.3, 0.4) is 0 Å². The number of amidine groups is 1. The van der Waals surface area contributed by atoms with Crippen molar-refractivity contribution in [3.05, 3.63) is 71.1 Å². The van der Waals surface area contributed by atoms with Crippen molar-refractivity contribution in [2.45, 2.75) is 59.3 Å². The highest BCUT2D eigenvalue weighted by Crippen LogP contribution is 2.25. The van der Waals surface area contributed by atoms with Crippen molar-refractivity contribution in [2.24, 2.45) is 15.9 Å². The molecule has 192 valence electrons. The lowest BCUT2D eigenvalue weighted by atomic mass is 9.86. The van der Waals surface area contributed by atoms with Crippen LogP contribution in [0.25, 0.3) is 0 Å². The molecule has 1 fully saturated rings. The number of nitrogens with one attached hydrogen (secondary N) is 1. The molecule has 2 aliphatic rings. The van der Waals surface area contributed by atoms with Crippen molar-refractivity contribution in [2.75, 3.05) is 33.2 Å². The van der Waals surface area contributed by atoms with E-state index in [9.17, 15) is 0 Å². The van der Waals surface area contributed by atoms with E-state index in [0.29, 0.717) is 5.96 Å². The molecule has 36 heavy (non-hydrogen) atoms. The van der Waals surface area contributed by atoms with Gasteiger partial charge in [-0.15, -0.1) is 0 Å². The molecule has 3 heterocycles. The van der Waals surface area contributed by atoms with Crippen LogP contribution >= 0.6 is 0 Å². The number of hydrogen-bond acceptors (Lipinski definition) is 4. The van der Waals surface area contributed by atoms with Crippen LogP contribution in [0.2, 0.25) is 0 Å². The zero-order chi connectivity index (χ0) is 25.7. The lowest BCUT2D eigenvalue weighted by Gasteiger charge is -2.36. The Morgan fingerprint density at radius 1 is 1.03 bits per heavy atom. The summed E-state index contributed by atoms with van der Waals surface area (Å²) in [5.74, 6) is 2.77. The highest BCUT2D eigenvalue weighted by Gasteiger charge is 2.26. The standard InChI is InChI=1S/C30H42N6/c1-7-23-21-26(8-2)32-29(34-28(23)36-18-16-35(6)17-19-36)33-27-24(10-9-15-31-27)20-22-11-13-25(14-12-22)30(3,4)5/h9-15,21,23H,7-8,16-20H2,1-6H3,(H,31,32,33). The fraction of sp³-hybridized carbons (Fsp3) is 0.500. The zero-order valence-corrected chi connectivity index (χ0v) is 22.9. The lowest BCUT2D eigenvalue weighted by molar-refractivity contribution is 0.211. The van der Waals surface area contributed by atoms with Crippen LogP contribution in [0.1, 0.15) is 64.2 Å². The van der Waals surface area contributed by atoms with Crippen molar-refractivity contribution in [1.29, 1.82) is 0 Å². The maximum Gasteiger partial charge on any atom is 0.230 e. The second-order valence-corrected chi connectivity index (χ2v) is 11.0. The Morgan fingerprint density at radius 2 is 1.75 bits per heavy atom. The molecule has 0 aliphatic carbocycles. The monoisotopic (exact) mass is 486 g/mol. The van der Waals surface area contributed by atoms with Crippen LogP contribution in [-0.4, -0.2) is 59.8 Å². The van der Waals surface area contributed by atoms with Gasteiger partial charge in [0.1, 0.15) is 5.84 Å². The molecule has 1 N–H and O–H groups in total. The zero-order valence-electron chi connectivity index (χ0n) is 22.9. The Balaban J connectivity index is 1.66. The molecule has 1 saturated heterocycles. The molecule has 1 aromatic carbocycles. The molecule has 0 amide bonds. The highest BCUT2D eigenvalue weighted by molar-refractivity contribution is 6.00. The number of pyridine rings is 1. The van der Waals surface area contributed by atoms with E-state index in [1.165, 1.54) is 16.8 Å². The third kappa shape index (κ3) is 6.41. The van der Waals surface area contributed by atoms with Gasteiger partial charge >= 0.3 is 0 Å². The summed E-state index contributed by atoms with van der Waals surface area (Å²) in [6, 6.07) is 13.0. The van der Waals surface area contributed by atoms with Crippen LogP contribution < -0.4 is 5.32 Å². The van der Waals surface area contributed by atoms with Gasteiger partial charge in [0.05, 0.1) is 0 Å². The van der Waals surface area contributed by atoms with E-state index in [1.807, 2.05) is 12.3 Å². The molecule has 1 atom stereocenters. The maximum atomic E-state index is 5.13. The largest absolute Gasteiger partial charge is 0.357 e. The molecular formula is C30H42N6. The van der Waals surface area contributed by atoms with Gasteiger partial charge in [0.15, 0.2) is 5.82 Å². The van der Waals surface area contributed by atoms with E-state index in [1.54, 1.807) is 0 Å². The van der Waals surface area contributed by atoms with Gasteiger partial charge in [-0.1, -0.05) is 71.0 Å². The number of aromatic nitrogens is 1. The molecule has 6 heteroatoms. The quantitative estimate of drug-likeness (QED) is 0.604. The molecule has 1 aromatic heterocycles. The third-order valence-electron chi connectivity index (χ3n) is 7.17. The number of piperazine rings is 1. The maximum absolute atomic E-state index is 5.13. The minimum Gasteiger partial charge on any atom is -0.357 e. The first-order valence-corrected chi connectivity index (χ1v) is 13.4. The number of nitrogens with zero attached hydrogens (tertiary/aromatic N) is 5. The van der Waals surface area contributed by atoms with Gasteiger partial charge in [0, 0.05) is 56.0 Å². The van der Waals surface area contributed by atoms with Gasteiger partial charge in [-0.25, -0.2) is 4.98 Å². The summed E-state index contributed by atoms with van der Waals surface area (Å²) in [5.41, 5.74) is 5.02. The van der Waals surface area contributed by atoms with Gasteiger partial charge in [0.25, 0.3) is 0 Å². The van der Waals surface area contributed by atoms with Gasteiger partial charge < -0.3 is 15.1 Å². The molecule has 0 radical (unpaired) electrons. The first-order chi connectivity index (χ1) is 17.3. The van der Waals surface area contributed by atoms with E-state index in [-0.39, 0.29) is 11.3 Å². The molecule has 0 spiro atoms. The number of hydrogen-bond donors (Lipinski definition) is 1. The summed E-state index contributed by atoms with van der Waals surface area (Å²) in [4.78, 5) is 19.6. The molecule has 6 nitrogen and oxygen atoms in total. The number of benzene rings is 1. The molecular weight excluding hydrogens is 444 g/mol. The second kappa shape index (κ2) is 11.4. The predicted octanol–water partition coefficient (Wildman–Crippen LogP) is 5.53. The van der Waals surface area contributed by atoms with E-state index in [2.05, 4.69) is 98.2 Å². The van der Waals surface area contributed by atoms with Gasteiger partial charge in [-0.3, -0.25) is 0 Å². The predicted molar refractivity (Wildman–Crippen MR) is 151 cm³/mol. The van der Waals surface area contributed by atoms with Crippen molar-refractivity contribution in [3.8, 4) is 0 Å². The van der Waals surface area contributed by atoms with Crippen LogP contribution in [-0.2, 0) is 11.8 Å². The first-order valence-electron chi connectivity index (χ1n) is 13.4. The number of guanidine groups is 1. The Bertz CT molecular complexity index is 1110. The summed E-state index contributed by atoms with van der Waals surface area (Å²) in [5, 5.41) is 3.52. The van der Waals surface area contributed by atoms with Crippen LogP contribution in [0, 0.1) is 5.92 Å². The van der Waals surface area contributed by atoms with Gasteiger partial charge in [-0.05, 0) is 42.5 Å². The number of allylic oxidation sites excluding steroid dienone is 1. The lowest BCUT2D eigenvalue weighted by Crippen LogP contribution is -2.49. The minimum absolute atomic E-state index is 0.148. The molecule has 4 rings (SSSR count). The second-order valence-electron chi connectivity index (χ2n) is 11.0. The number of likely N-dealkylation sites (N-methyl/N-ethyl adjacent to an activating group) is 1. The van der Waals surface area contributed by atoms with Crippen molar-refractivity contribution in [1.82, 2.24) is 20.1 Å². The molecule has 2 aromatic rings. The fourth-order valence-electron chi connectivity index (χ4n) is 4.73. The smallest absolute Gasteiger partial charge is 0.230 e. The van der Waals surface area contributed by atoms with Crippen LogP contribution in [0.4, 0.5) is 5.82 Å². The summed E-state index contributed by atoms with van der Waals surface area (Å²) in [7, 11) is 2.19. The summed E-state index contributed by atoms with van der Waals surface area (Å²) in [6.07, 6.45) is 6.88.